The molecule has 0 aliphatic carbocycles. The zero-order chi connectivity index (χ0) is 19.3. The third kappa shape index (κ3) is 3.86. The highest BCUT2D eigenvalue weighted by molar-refractivity contribution is 6.07. The molecule has 2 aromatic carbocycles. The number of fused-ring (bicyclic) bond motifs is 2. The molecule has 28 heavy (non-hydrogen) atoms. The van der Waals surface area contributed by atoms with Crippen molar-refractivity contribution in [2.24, 2.45) is 0 Å². The lowest BCUT2D eigenvalue weighted by Gasteiger charge is -2.08. The first-order chi connectivity index (χ1) is 13.7. The first-order valence-corrected chi connectivity index (χ1v) is 9.16. The fourth-order valence-electron chi connectivity index (χ4n) is 3.28. The molecular formula is C22H20N4O2. The third-order valence-corrected chi connectivity index (χ3v) is 4.62. The molecular weight excluding hydrogens is 352 g/mol. The van der Waals surface area contributed by atoms with Gasteiger partial charge in [0.15, 0.2) is 0 Å². The first kappa shape index (κ1) is 17.7. The van der Waals surface area contributed by atoms with Crippen LogP contribution in [0.5, 0.6) is 0 Å². The van der Waals surface area contributed by atoms with Crippen LogP contribution in [0.2, 0.25) is 0 Å². The number of anilines is 1. The van der Waals surface area contributed by atoms with Gasteiger partial charge in [0.05, 0.1) is 11.2 Å². The molecule has 3 N–H and O–H groups in total. The highest BCUT2D eigenvalue weighted by Crippen LogP contribution is 2.21. The second-order valence-corrected chi connectivity index (χ2v) is 6.57. The summed E-state index contributed by atoms with van der Waals surface area (Å²) in [5.41, 5.74) is 3.53. The summed E-state index contributed by atoms with van der Waals surface area (Å²) in [6.45, 7) is 0.476. The van der Waals surface area contributed by atoms with Crippen LogP contribution in [0.4, 0.5) is 5.69 Å². The Morgan fingerprint density at radius 2 is 1.82 bits per heavy atom. The van der Waals surface area contributed by atoms with Crippen molar-refractivity contribution in [1.29, 1.82) is 0 Å². The van der Waals surface area contributed by atoms with Crippen LogP contribution in [-0.2, 0) is 16.0 Å². The molecule has 0 fully saturated rings. The molecule has 0 radical (unpaired) electrons. The van der Waals surface area contributed by atoms with Gasteiger partial charge >= 0.3 is 0 Å². The van der Waals surface area contributed by atoms with Crippen molar-refractivity contribution in [3.8, 4) is 0 Å². The van der Waals surface area contributed by atoms with Crippen LogP contribution < -0.4 is 10.6 Å². The number of pyridine rings is 1. The smallest absolute Gasteiger partial charge is 0.233 e. The van der Waals surface area contributed by atoms with Crippen molar-refractivity contribution in [3.63, 3.8) is 0 Å². The Bertz CT molecular complexity index is 1140. The zero-order valence-corrected chi connectivity index (χ0v) is 15.2. The van der Waals surface area contributed by atoms with E-state index in [-0.39, 0.29) is 18.2 Å². The van der Waals surface area contributed by atoms with Crippen LogP contribution in [0.1, 0.15) is 12.0 Å². The van der Waals surface area contributed by atoms with Crippen molar-refractivity contribution in [3.05, 3.63) is 72.6 Å². The topological polar surface area (TPSA) is 86.9 Å². The van der Waals surface area contributed by atoms with Gasteiger partial charge in [-0.3, -0.25) is 14.6 Å². The largest absolute Gasteiger partial charge is 0.361 e. The number of nitrogens with zero attached hydrogens (tertiary/aromatic N) is 1. The lowest BCUT2D eigenvalue weighted by Crippen LogP contribution is -2.29. The van der Waals surface area contributed by atoms with E-state index in [1.807, 2.05) is 48.7 Å². The fraction of sp³-hybridized carbons (Fsp3) is 0.136. The fourth-order valence-corrected chi connectivity index (χ4v) is 3.28. The summed E-state index contributed by atoms with van der Waals surface area (Å²) >= 11 is 0. The lowest BCUT2D eigenvalue weighted by atomic mass is 10.1. The molecule has 4 rings (SSSR count). The van der Waals surface area contributed by atoms with Gasteiger partial charge < -0.3 is 15.6 Å². The van der Waals surface area contributed by atoms with E-state index in [1.165, 1.54) is 0 Å². The average Bonchev–Trinajstić information content (AvgIpc) is 3.11. The number of benzene rings is 2. The minimum Gasteiger partial charge on any atom is -0.361 e. The van der Waals surface area contributed by atoms with Gasteiger partial charge in [-0.1, -0.05) is 36.4 Å². The number of rotatable bonds is 6. The van der Waals surface area contributed by atoms with Gasteiger partial charge in [-0.2, -0.15) is 0 Å². The normalized spacial score (nSPS) is 10.9. The van der Waals surface area contributed by atoms with E-state index >= 15 is 0 Å². The maximum Gasteiger partial charge on any atom is 0.233 e. The molecule has 2 amide bonds. The third-order valence-electron chi connectivity index (χ3n) is 4.62. The summed E-state index contributed by atoms with van der Waals surface area (Å²) in [4.78, 5) is 31.8. The number of para-hydroxylation sites is 2. The molecule has 2 aromatic heterocycles. The number of amides is 2. The first-order valence-electron chi connectivity index (χ1n) is 9.16. The van der Waals surface area contributed by atoms with Gasteiger partial charge in [0.2, 0.25) is 11.8 Å². The van der Waals surface area contributed by atoms with E-state index in [0.717, 1.165) is 21.9 Å². The van der Waals surface area contributed by atoms with Crippen LogP contribution >= 0.6 is 0 Å². The second kappa shape index (κ2) is 7.92. The van der Waals surface area contributed by atoms with E-state index in [9.17, 15) is 9.59 Å². The molecule has 0 saturated carbocycles. The Kier molecular flexibility index (Phi) is 5.01. The van der Waals surface area contributed by atoms with Crippen molar-refractivity contribution in [2.75, 3.05) is 11.9 Å². The predicted molar refractivity (Wildman–Crippen MR) is 110 cm³/mol. The molecule has 0 saturated heterocycles. The van der Waals surface area contributed by atoms with Gasteiger partial charge in [-0.15, -0.1) is 0 Å². The van der Waals surface area contributed by atoms with E-state index < -0.39 is 0 Å². The Labute approximate surface area is 162 Å². The minimum absolute atomic E-state index is 0.225. The number of hydrogen-bond donors (Lipinski definition) is 3. The summed E-state index contributed by atoms with van der Waals surface area (Å²) in [5.74, 6) is -0.659. The molecule has 0 spiro atoms. The van der Waals surface area contributed by atoms with Crippen LogP contribution in [-0.4, -0.2) is 28.3 Å². The summed E-state index contributed by atoms with van der Waals surface area (Å²) in [6.07, 6.45) is 4.11. The number of aromatic nitrogens is 2. The molecule has 0 aliphatic heterocycles. The second-order valence-electron chi connectivity index (χ2n) is 6.57. The van der Waals surface area contributed by atoms with Crippen LogP contribution in [0.15, 0.2) is 67.0 Å². The van der Waals surface area contributed by atoms with Crippen molar-refractivity contribution in [2.45, 2.75) is 12.8 Å². The molecule has 0 aliphatic rings. The number of aromatic amines is 1. The Morgan fingerprint density at radius 1 is 0.964 bits per heavy atom. The number of carbonyl (C=O) groups is 2. The van der Waals surface area contributed by atoms with Crippen molar-refractivity contribution in [1.82, 2.24) is 15.3 Å². The maximum atomic E-state index is 12.2. The van der Waals surface area contributed by atoms with Gasteiger partial charge in [0.1, 0.15) is 6.42 Å². The van der Waals surface area contributed by atoms with Crippen LogP contribution in [0.25, 0.3) is 21.8 Å². The summed E-state index contributed by atoms with van der Waals surface area (Å²) in [6, 6.07) is 17.4. The van der Waals surface area contributed by atoms with Gasteiger partial charge in [-0.25, -0.2) is 0 Å². The Balaban J connectivity index is 1.30. The standard InChI is InChI=1S/C22H20N4O2/c27-20(23-12-10-16-14-25-18-8-2-1-7-17(16)18)13-21(28)26-19-9-3-5-15-6-4-11-24-22(15)19/h1-9,11,14,25H,10,12-13H2,(H,23,27)(H,26,28). The number of H-pyrrole nitrogens is 1. The molecule has 0 bridgehead atoms. The highest BCUT2D eigenvalue weighted by Gasteiger charge is 2.12. The van der Waals surface area contributed by atoms with E-state index in [4.69, 9.17) is 0 Å². The predicted octanol–water partition coefficient (Wildman–Crippen LogP) is 3.40. The summed E-state index contributed by atoms with van der Waals surface area (Å²) in [5, 5.41) is 7.67. The Morgan fingerprint density at radius 3 is 2.75 bits per heavy atom. The SMILES string of the molecule is O=C(CC(=O)Nc1cccc2cccnc12)NCCc1c[nH]c2ccccc12. The molecule has 6 nitrogen and oxygen atoms in total. The highest BCUT2D eigenvalue weighted by atomic mass is 16.2. The molecule has 0 atom stereocenters. The Hall–Kier alpha value is -3.67. The molecule has 6 heteroatoms. The molecule has 140 valence electrons. The van der Waals surface area contributed by atoms with Gasteiger partial charge in [0, 0.05) is 35.2 Å². The quantitative estimate of drug-likeness (QED) is 0.453. The van der Waals surface area contributed by atoms with Crippen LogP contribution in [0, 0.1) is 0 Å². The number of hydrogen-bond acceptors (Lipinski definition) is 3. The van der Waals surface area contributed by atoms with Crippen molar-refractivity contribution >= 4 is 39.3 Å². The number of carbonyl (C=O) groups excluding carboxylic acids is 2. The molecule has 4 aromatic rings. The van der Waals surface area contributed by atoms with Gasteiger partial charge in [0.25, 0.3) is 0 Å². The molecule has 2 heterocycles. The van der Waals surface area contributed by atoms with Gasteiger partial charge in [-0.05, 0) is 30.2 Å². The maximum absolute atomic E-state index is 12.2. The van der Waals surface area contributed by atoms with Crippen LogP contribution in [0.3, 0.4) is 0 Å². The number of nitrogens with one attached hydrogen (secondary N) is 3. The van der Waals surface area contributed by atoms with E-state index in [1.54, 1.807) is 12.3 Å². The lowest BCUT2D eigenvalue weighted by molar-refractivity contribution is -0.126. The zero-order valence-electron chi connectivity index (χ0n) is 15.2. The van der Waals surface area contributed by atoms with Crippen molar-refractivity contribution < 1.29 is 9.59 Å². The molecule has 0 unspecified atom stereocenters. The minimum atomic E-state index is -0.359. The summed E-state index contributed by atoms with van der Waals surface area (Å²) in [7, 11) is 0. The monoisotopic (exact) mass is 372 g/mol. The van der Waals surface area contributed by atoms with E-state index in [2.05, 4.69) is 26.7 Å². The average molecular weight is 372 g/mol. The summed E-state index contributed by atoms with van der Waals surface area (Å²) < 4.78 is 0. The van der Waals surface area contributed by atoms with E-state index in [0.29, 0.717) is 24.2 Å².